The first-order valence-electron chi connectivity index (χ1n) is 6.27. The Bertz CT molecular complexity index is 751. The average molecular weight is 310 g/mol. The van der Waals surface area contributed by atoms with E-state index in [9.17, 15) is 4.39 Å². The maximum Gasteiger partial charge on any atom is 0.201 e. The number of aromatic nitrogens is 2. The fourth-order valence-electron chi connectivity index (χ4n) is 2.43. The van der Waals surface area contributed by atoms with Gasteiger partial charge in [-0.25, -0.2) is 9.37 Å². The molecule has 20 heavy (non-hydrogen) atoms. The summed E-state index contributed by atoms with van der Waals surface area (Å²) in [5.41, 5.74) is 7.31. The highest BCUT2D eigenvalue weighted by Gasteiger charge is 2.20. The van der Waals surface area contributed by atoms with Crippen LogP contribution in [-0.4, -0.2) is 9.55 Å². The van der Waals surface area contributed by atoms with Crippen molar-refractivity contribution in [3.05, 3.63) is 45.4 Å². The van der Waals surface area contributed by atoms with Crippen molar-refractivity contribution in [2.45, 2.75) is 19.4 Å². The number of anilines is 1. The highest BCUT2D eigenvalue weighted by atomic mass is 35.5. The molecule has 0 saturated carbocycles. The van der Waals surface area contributed by atoms with E-state index in [0.717, 1.165) is 11.9 Å². The second kappa shape index (κ2) is 5.07. The van der Waals surface area contributed by atoms with Crippen LogP contribution in [0.4, 0.5) is 10.3 Å². The normalized spacial score (nSPS) is 12.9. The maximum atomic E-state index is 13.5. The Morgan fingerprint density at radius 1 is 1.50 bits per heavy atom. The molecule has 0 bridgehead atoms. The number of imidazole rings is 1. The molecule has 0 radical (unpaired) electrons. The van der Waals surface area contributed by atoms with Crippen LogP contribution in [0.3, 0.4) is 0 Å². The van der Waals surface area contributed by atoms with E-state index in [0.29, 0.717) is 11.5 Å². The van der Waals surface area contributed by atoms with Gasteiger partial charge in [0.05, 0.1) is 22.1 Å². The minimum Gasteiger partial charge on any atom is -0.369 e. The summed E-state index contributed by atoms with van der Waals surface area (Å²) < 4.78 is 15.4. The van der Waals surface area contributed by atoms with Crippen molar-refractivity contribution in [3.8, 4) is 0 Å². The number of hydrogen-bond donors (Lipinski definition) is 1. The third-order valence-corrected chi connectivity index (χ3v) is 4.59. The fraction of sp³-hybridized carbons (Fsp3) is 0.214. The molecular formula is C14H13ClFN3S. The van der Waals surface area contributed by atoms with Crippen molar-refractivity contribution in [1.29, 1.82) is 0 Å². The summed E-state index contributed by atoms with van der Waals surface area (Å²) in [4.78, 5) is 5.43. The van der Waals surface area contributed by atoms with Gasteiger partial charge in [-0.1, -0.05) is 24.6 Å². The SMILES string of the molecule is CCC(c1cccs1)n1c(N)nc2cc(F)c(Cl)cc21. The number of nitrogens with two attached hydrogens (primary N) is 1. The molecule has 2 heterocycles. The molecular weight excluding hydrogens is 297 g/mol. The Morgan fingerprint density at radius 2 is 2.30 bits per heavy atom. The van der Waals surface area contributed by atoms with E-state index in [-0.39, 0.29) is 11.1 Å². The van der Waals surface area contributed by atoms with E-state index in [2.05, 4.69) is 18.0 Å². The molecule has 0 aliphatic carbocycles. The quantitative estimate of drug-likeness (QED) is 0.775. The van der Waals surface area contributed by atoms with Crippen molar-refractivity contribution in [2.75, 3.05) is 5.73 Å². The van der Waals surface area contributed by atoms with E-state index >= 15 is 0 Å². The number of thiophene rings is 1. The van der Waals surface area contributed by atoms with Gasteiger partial charge in [-0.2, -0.15) is 0 Å². The monoisotopic (exact) mass is 309 g/mol. The predicted octanol–water partition coefficient (Wildman–Crippen LogP) is 4.47. The highest BCUT2D eigenvalue weighted by molar-refractivity contribution is 7.10. The van der Waals surface area contributed by atoms with Gasteiger partial charge in [0.2, 0.25) is 5.95 Å². The number of nitrogen functional groups attached to an aromatic ring is 1. The van der Waals surface area contributed by atoms with Crippen molar-refractivity contribution < 1.29 is 4.39 Å². The lowest BCUT2D eigenvalue weighted by Crippen LogP contribution is -2.11. The second-order valence-corrected chi connectivity index (χ2v) is 5.92. The molecule has 1 unspecified atom stereocenters. The highest BCUT2D eigenvalue weighted by Crippen LogP contribution is 2.33. The number of halogens is 2. The third-order valence-electron chi connectivity index (χ3n) is 3.33. The van der Waals surface area contributed by atoms with Gasteiger partial charge in [0.1, 0.15) is 5.82 Å². The van der Waals surface area contributed by atoms with Crippen LogP contribution in [0.2, 0.25) is 5.02 Å². The van der Waals surface area contributed by atoms with E-state index in [1.165, 1.54) is 10.9 Å². The average Bonchev–Trinajstić information content (AvgIpc) is 3.02. The smallest absolute Gasteiger partial charge is 0.201 e. The van der Waals surface area contributed by atoms with Gasteiger partial charge in [0.15, 0.2) is 0 Å². The van der Waals surface area contributed by atoms with E-state index in [1.807, 2.05) is 16.0 Å². The molecule has 2 aromatic heterocycles. The molecule has 0 aliphatic rings. The first kappa shape index (κ1) is 13.4. The molecule has 0 fully saturated rings. The number of hydrogen-bond acceptors (Lipinski definition) is 3. The molecule has 3 aromatic rings. The predicted molar refractivity (Wildman–Crippen MR) is 81.9 cm³/mol. The summed E-state index contributed by atoms with van der Waals surface area (Å²) in [5, 5.41) is 2.11. The van der Waals surface area contributed by atoms with Crippen molar-refractivity contribution in [3.63, 3.8) is 0 Å². The van der Waals surface area contributed by atoms with Gasteiger partial charge in [-0.15, -0.1) is 11.3 Å². The molecule has 1 atom stereocenters. The van der Waals surface area contributed by atoms with Crippen LogP contribution >= 0.6 is 22.9 Å². The Morgan fingerprint density at radius 3 is 2.95 bits per heavy atom. The lowest BCUT2D eigenvalue weighted by atomic mass is 10.1. The van der Waals surface area contributed by atoms with E-state index < -0.39 is 5.82 Å². The molecule has 3 nitrogen and oxygen atoms in total. The molecule has 1 aromatic carbocycles. The number of rotatable bonds is 3. The molecule has 104 valence electrons. The topological polar surface area (TPSA) is 43.8 Å². The fourth-order valence-corrected chi connectivity index (χ4v) is 3.49. The van der Waals surface area contributed by atoms with Crippen molar-refractivity contribution >= 4 is 39.9 Å². The first-order chi connectivity index (χ1) is 9.61. The first-order valence-corrected chi connectivity index (χ1v) is 7.53. The Labute approximate surface area is 124 Å². The van der Waals surface area contributed by atoms with Crippen LogP contribution in [-0.2, 0) is 0 Å². The van der Waals surface area contributed by atoms with Crippen molar-refractivity contribution in [1.82, 2.24) is 9.55 Å². The molecule has 0 spiro atoms. The molecule has 6 heteroatoms. The summed E-state index contributed by atoms with van der Waals surface area (Å²) in [6.45, 7) is 2.08. The Kier molecular flexibility index (Phi) is 3.40. The summed E-state index contributed by atoms with van der Waals surface area (Å²) in [7, 11) is 0. The van der Waals surface area contributed by atoms with E-state index in [4.69, 9.17) is 17.3 Å². The zero-order valence-corrected chi connectivity index (χ0v) is 12.4. The van der Waals surface area contributed by atoms with Crippen LogP contribution in [0.25, 0.3) is 11.0 Å². The van der Waals surface area contributed by atoms with Crippen molar-refractivity contribution in [2.24, 2.45) is 0 Å². The zero-order valence-electron chi connectivity index (χ0n) is 10.8. The summed E-state index contributed by atoms with van der Waals surface area (Å²) in [6, 6.07) is 7.07. The van der Waals surface area contributed by atoms with Crippen LogP contribution < -0.4 is 5.73 Å². The molecule has 0 aliphatic heterocycles. The summed E-state index contributed by atoms with van der Waals surface area (Å²) in [6.07, 6.45) is 0.866. The largest absolute Gasteiger partial charge is 0.369 e. The third kappa shape index (κ3) is 2.07. The number of fused-ring (bicyclic) bond motifs is 1. The summed E-state index contributed by atoms with van der Waals surface area (Å²) >= 11 is 7.55. The van der Waals surface area contributed by atoms with Gasteiger partial charge in [0, 0.05) is 10.9 Å². The number of nitrogens with zero attached hydrogens (tertiary/aromatic N) is 2. The number of benzene rings is 1. The zero-order chi connectivity index (χ0) is 14.3. The molecule has 0 saturated heterocycles. The Hall–Kier alpha value is -1.59. The van der Waals surface area contributed by atoms with Crippen LogP contribution in [0.1, 0.15) is 24.3 Å². The van der Waals surface area contributed by atoms with Crippen LogP contribution in [0.5, 0.6) is 0 Å². The maximum absolute atomic E-state index is 13.5. The lowest BCUT2D eigenvalue weighted by molar-refractivity contribution is 0.598. The van der Waals surface area contributed by atoms with Gasteiger partial charge in [-0.05, 0) is 23.9 Å². The lowest BCUT2D eigenvalue weighted by Gasteiger charge is -2.17. The Balaban J connectivity index is 2.24. The van der Waals surface area contributed by atoms with Gasteiger partial charge in [-0.3, -0.25) is 0 Å². The molecule has 2 N–H and O–H groups in total. The van der Waals surface area contributed by atoms with Gasteiger partial charge < -0.3 is 10.3 Å². The van der Waals surface area contributed by atoms with Gasteiger partial charge in [0.25, 0.3) is 0 Å². The van der Waals surface area contributed by atoms with Crippen LogP contribution in [0, 0.1) is 5.82 Å². The van der Waals surface area contributed by atoms with E-state index in [1.54, 1.807) is 17.4 Å². The minimum atomic E-state index is -0.479. The minimum absolute atomic E-state index is 0.0830. The van der Waals surface area contributed by atoms with Gasteiger partial charge >= 0.3 is 0 Å². The molecule has 3 rings (SSSR count). The second-order valence-electron chi connectivity index (χ2n) is 4.53. The van der Waals surface area contributed by atoms with Crippen LogP contribution in [0.15, 0.2) is 29.6 Å². The molecule has 0 amide bonds. The standard InChI is InChI=1S/C14H13ClFN3S/c1-2-11(13-4-3-5-20-13)19-12-6-8(15)9(16)7-10(12)18-14(19)17/h3-7,11H,2H2,1H3,(H2,17,18). The summed E-state index contributed by atoms with van der Waals surface area (Å²) in [5.74, 6) is -0.102.